The molecular formula is C13H13ClN2OS. The largest absolute Gasteiger partial charge is 0.320 e. The number of aryl methyl sites for hydroxylation is 2. The SMILES string of the molecule is CCc1ccsc1C(=O)Nc1cnc(Cl)cc1C. The normalized spacial score (nSPS) is 10.4. The molecule has 0 aliphatic heterocycles. The first-order valence-corrected chi connectivity index (χ1v) is 6.87. The molecule has 1 amide bonds. The monoisotopic (exact) mass is 280 g/mol. The summed E-state index contributed by atoms with van der Waals surface area (Å²) in [6, 6.07) is 3.71. The molecule has 2 heterocycles. The van der Waals surface area contributed by atoms with Crippen LogP contribution in [0.1, 0.15) is 27.7 Å². The van der Waals surface area contributed by atoms with Crippen LogP contribution in [0.5, 0.6) is 0 Å². The lowest BCUT2D eigenvalue weighted by atomic mass is 10.2. The van der Waals surface area contributed by atoms with E-state index in [1.54, 1.807) is 12.3 Å². The Morgan fingerprint density at radius 2 is 2.33 bits per heavy atom. The maximum atomic E-state index is 12.1. The molecule has 18 heavy (non-hydrogen) atoms. The lowest BCUT2D eigenvalue weighted by Crippen LogP contribution is -2.13. The Labute approximate surface area is 115 Å². The third-order valence-electron chi connectivity index (χ3n) is 2.66. The highest BCUT2D eigenvalue weighted by molar-refractivity contribution is 7.12. The van der Waals surface area contributed by atoms with Crippen molar-refractivity contribution in [1.82, 2.24) is 4.98 Å². The molecule has 0 bridgehead atoms. The van der Waals surface area contributed by atoms with E-state index in [9.17, 15) is 4.79 Å². The number of amides is 1. The van der Waals surface area contributed by atoms with Gasteiger partial charge in [-0.15, -0.1) is 11.3 Å². The summed E-state index contributed by atoms with van der Waals surface area (Å²) in [7, 11) is 0. The Morgan fingerprint density at radius 3 is 3.00 bits per heavy atom. The molecule has 0 aliphatic carbocycles. The molecule has 0 saturated carbocycles. The molecule has 0 aromatic carbocycles. The number of anilines is 1. The number of halogens is 1. The molecule has 5 heteroatoms. The topological polar surface area (TPSA) is 42.0 Å². The highest BCUT2D eigenvalue weighted by Crippen LogP contribution is 2.21. The van der Waals surface area contributed by atoms with Gasteiger partial charge in [-0.3, -0.25) is 4.79 Å². The van der Waals surface area contributed by atoms with Gasteiger partial charge >= 0.3 is 0 Å². The van der Waals surface area contributed by atoms with Crippen LogP contribution in [0.25, 0.3) is 0 Å². The summed E-state index contributed by atoms with van der Waals surface area (Å²) in [6.07, 6.45) is 2.43. The van der Waals surface area contributed by atoms with Gasteiger partial charge in [-0.25, -0.2) is 4.98 Å². The number of nitrogens with one attached hydrogen (secondary N) is 1. The summed E-state index contributed by atoms with van der Waals surface area (Å²) >= 11 is 7.23. The van der Waals surface area contributed by atoms with E-state index in [1.807, 2.05) is 25.3 Å². The van der Waals surface area contributed by atoms with Gasteiger partial charge in [-0.2, -0.15) is 0 Å². The average molecular weight is 281 g/mol. The number of aromatic nitrogens is 1. The minimum Gasteiger partial charge on any atom is -0.320 e. The van der Waals surface area contributed by atoms with Crippen molar-refractivity contribution in [2.45, 2.75) is 20.3 Å². The number of hydrogen-bond acceptors (Lipinski definition) is 3. The van der Waals surface area contributed by atoms with Gasteiger partial charge in [-0.05, 0) is 42.0 Å². The van der Waals surface area contributed by atoms with Crippen LogP contribution in [0.15, 0.2) is 23.7 Å². The van der Waals surface area contributed by atoms with E-state index in [1.165, 1.54) is 11.3 Å². The fraction of sp³-hybridized carbons (Fsp3) is 0.231. The van der Waals surface area contributed by atoms with E-state index in [-0.39, 0.29) is 5.91 Å². The van der Waals surface area contributed by atoms with Crippen molar-refractivity contribution in [3.05, 3.63) is 44.9 Å². The molecule has 1 N–H and O–H groups in total. The van der Waals surface area contributed by atoms with Crippen molar-refractivity contribution in [2.24, 2.45) is 0 Å². The Bertz CT molecular complexity index is 580. The van der Waals surface area contributed by atoms with E-state index in [4.69, 9.17) is 11.6 Å². The van der Waals surface area contributed by atoms with Crippen LogP contribution >= 0.6 is 22.9 Å². The molecule has 3 nitrogen and oxygen atoms in total. The Morgan fingerprint density at radius 1 is 1.56 bits per heavy atom. The standard InChI is InChI=1S/C13H13ClN2OS/c1-3-9-4-5-18-12(9)13(17)16-10-7-15-11(14)6-8(10)2/h4-7H,3H2,1-2H3,(H,16,17). The van der Waals surface area contributed by atoms with Crippen molar-refractivity contribution in [3.63, 3.8) is 0 Å². The summed E-state index contributed by atoms with van der Waals surface area (Å²) in [5, 5.41) is 5.22. The molecule has 0 spiro atoms. The number of rotatable bonds is 3. The first-order valence-electron chi connectivity index (χ1n) is 5.61. The van der Waals surface area contributed by atoms with Crippen molar-refractivity contribution in [1.29, 1.82) is 0 Å². The van der Waals surface area contributed by atoms with Gasteiger partial charge in [-0.1, -0.05) is 18.5 Å². The van der Waals surface area contributed by atoms with E-state index in [0.29, 0.717) is 10.8 Å². The fourth-order valence-electron chi connectivity index (χ4n) is 1.64. The molecule has 0 radical (unpaired) electrons. The van der Waals surface area contributed by atoms with Crippen LogP contribution in [0, 0.1) is 6.92 Å². The summed E-state index contributed by atoms with van der Waals surface area (Å²) in [6.45, 7) is 3.92. The first kappa shape index (κ1) is 13.1. The second kappa shape index (κ2) is 5.50. The highest BCUT2D eigenvalue weighted by Gasteiger charge is 2.13. The van der Waals surface area contributed by atoms with Crippen molar-refractivity contribution < 1.29 is 4.79 Å². The summed E-state index contributed by atoms with van der Waals surface area (Å²) in [5.41, 5.74) is 2.66. The number of hydrogen-bond donors (Lipinski definition) is 1. The third-order valence-corrected chi connectivity index (χ3v) is 3.82. The average Bonchev–Trinajstić information content (AvgIpc) is 2.81. The highest BCUT2D eigenvalue weighted by atomic mass is 35.5. The second-order valence-electron chi connectivity index (χ2n) is 3.90. The Balaban J connectivity index is 2.21. The molecule has 94 valence electrons. The van der Waals surface area contributed by atoms with E-state index in [2.05, 4.69) is 10.3 Å². The number of carbonyl (C=O) groups is 1. The molecule has 2 aromatic rings. The number of carbonyl (C=O) groups excluding carboxylic acids is 1. The lowest BCUT2D eigenvalue weighted by Gasteiger charge is -2.08. The zero-order chi connectivity index (χ0) is 13.1. The Hall–Kier alpha value is -1.39. The van der Waals surface area contributed by atoms with Crippen LogP contribution in [0.2, 0.25) is 5.15 Å². The molecule has 0 fully saturated rings. The van der Waals surface area contributed by atoms with Crippen molar-refractivity contribution in [2.75, 3.05) is 5.32 Å². The van der Waals surface area contributed by atoms with Gasteiger partial charge in [0.15, 0.2) is 0 Å². The van der Waals surface area contributed by atoms with Crippen LogP contribution in [0.4, 0.5) is 5.69 Å². The minimum atomic E-state index is -0.0888. The summed E-state index contributed by atoms with van der Waals surface area (Å²) < 4.78 is 0. The quantitative estimate of drug-likeness (QED) is 0.866. The van der Waals surface area contributed by atoms with Crippen LogP contribution < -0.4 is 5.32 Å². The third kappa shape index (κ3) is 2.71. The second-order valence-corrected chi connectivity index (χ2v) is 5.21. The predicted molar refractivity (Wildman–Crippen MR) is 75.6 cm³/mol. The number of nitrogens with zero attached hydrogens (tertiary/aromatic N) is 1. The van der Waals surface area contributed by atoms with Crippen LogP contribution in [0.3, 0.4) is 0 Å². The molecule has 2 aromatic heterocycles. The van der Waals surface area contributed by atoms with Gasteiger partial charge in [0.1, 0.15) is 5.15 Å². The number of thiophene rings is 1. The molecule has 0 aliphatic rings. The van der Waals surface area contributed by atoms with Gasteiger partial charge in [0, 0.05) is 0 Å². The maximum absolute atomic E-state index is 12.1. The zero-order valence-electron chi connectivity index (χ0n) is 10.2. The van der Waals surface area contributed by atoms with Crippen molar-refractivity contribution >= 4 is 34.5 Å². The molecule has 0 atom stereocenters. The van der Waals surface area contributed by atoms with Gasteiger partial charge in [0.05, 0.1) is 16.8 Å². The molecular weight excluding hydrogens is 268 g/mol. The summed E-state index contributed by atoms with van der Waals surface area (Å²) in [5.74, 6) is -0.0888. The molecule has 2 rings (SSSR count). The van der Waals surface area contributed by atoms with Gasteiger partial charge in [0.2, 0.25) is 0 Å². The van der Waals surface area contributed by atoms with E-state index < -0.39 is 0 Å². The van der Waals surface area contributed by atoms with Gasteiger partial charge < -0.3 is 5.32 Å². The zero-order valence-corrected chi connectivity index (χ0v) is 11.7. The summed E-state index contributed by atoms with van der Waals surface area (Å²) in [4.78, 5) is 16.9. The fourth-order valence-corrected chi connectivity index (χ4v) is 2.75. The Kier molecular flexibility index (Phi) is 3.99. The van der Waals surface area contributed by atoms with Gasteiger partial charge in [0.25, 0.3) is 5.91 Å². The van der Waals surface area contributed by atoms with E-state index in [0.717, 1.165) is 22.4 Å². The van der Waals surface area contributed by atoms with Crippen LogP contribution in [-0.2, 0) is 6.42 Å². The smallest absolute Gasteiger partial charge is 0.266 e. The molecule has 0 unspecified atom stereocenters. The van der Waals surface area contributed by atoms with E-state index >= 15 is 0 Å². The lowest BCUT2D eigenvalue weighted by molar-refractivity contribution is 0.102. The molecule has 0 saturated heterocycles. The predicted octanol–water partition coefficient (Wildman–Crippen LogP) is 3.92. The van der Waals surface area contributed by atoms with Crippen molar-refractivity contribution in [3.8, 4) is 0 Å². The number of pyridine rings is 1. The first-order chi connectivity index (χ1) is 8.61. The maximum Gasteiger partial charge on any atom is 0.266 e. The minimum absolute atomic E-state index is 0.0888. The van der Waals surface area contributed by atoms with Crippen LogP contribution in [-0.4, -0.2) is 10.9 Å².